The van der Waals surface area contributed by atoms with Crippen molar-refractivity contribution in [3.05, 3.63) is 28.8 Å². The van der Waals surface area contributed by atoms with Gasteiger partial charge in [-0.3, -0.25) is 9.59 Å². The largest absolute Gasteiger partial charge is 0.416 e. The second-order valence-corrected chi connectivity index (χ2v) is 6.93. The Kier molecular flexibility index (Phi) is 7.24. The number of benzene rings is 1. The van der Waals surface area contributed by atoms with Crippen molar-refractivity contribution in [1.29, 1.82) is 0 Å². The molecule has 0 radical (unpaired) electrons. The van der Waals surface area contributed by atoms with Crippen molar-refractivity contribution >= 4 is 34.8 Å². The normalized spacial score (nSPS) is 19.0. The molecule has 148 valence electrons. The minimum atomic E-state index is -4.54. The number of alkyl halides is 3. The zero-order chi connectivity index (χ0) is 20.0. The topological polar surface area (TPSA) is 70.6 Å². The molecule has 1 aromatic carbocycles. The zero-order valence-corrected chi connectivity index (χ0v) is 15.6. The number of nitrogens with zero attached hydrogens (tertiary/aromatic N) is 1. The number of hydrogen-bond acceptors (Lipinski definition) is 3. The maximum atomic E-state index is 12.7. The van der Waals surface area contributed by atoms with E-state index in [1.54, 1.807) is 0 Å². The predicted molar refractivity (Wildman–Crippen MR) is 97.5 cm³/mol. The molecule has 0 spiro atoms. The number of amides is 2. The van der Waals surface area contributed by atoms with E-state index in [1.165, 1.54) is 0 Å². The number of rotatable bonds is 5. The van der Waals surface area contributed by atoms with Gasteiger partial charge in [-0.2, -0.15) is 18.3 Å². The van der Waals surface area contributed by atoms with E-state index in [4.69, 9.17) is 11.6 Å². The molecule has 5 nitrogen and oxygen atoms in total. The monoisotopic (exact) mass is 403 g/mol. The highest BCUT2D eigenvalue weighted by molar-refractivity contribution is 6.33. The van der Waals surface area contributed by atoms with Gasteiger partial charge in [0.2, 0.25) is 11.8 Å². The van der Waals surface area contributed by atoms with Crippen LogP contribution in [0.25, 0.3) is 0 Å². The molecular weight excluding hydrogens is 383 g/mol. The number of hydrogen-bond donors (Lipinski definition) is 2. The first-order valence-corrected chi connectivity index (χ1v) is 9.06. The van der Waals surface area contributed by atoms with Gasteiger partial charge in [0.1, 0.15) is 0 Å². The van der Waals surface area contributed by atoms with Crippen LogP contribution < -0.4 is 10.7 Å². The number of nitrogens with one attached hydrogen (secondary N) is 2. The van der Waals surface area contributed by atoms with E-state index in [0.717, 1.165) is 49.6 Å². The number of hydrazone groups is 1. The van der Waals surface area contributed by atoms with Gasteiger partial charge in [0.15, 0.2) is 0 Å². The molecule has 1 saturated carbocycles. The Bertz CT molecular complexity index is 735. The fourth-order valence-electron chi connectivity index (χ4n) is 2.76. The van der Waals surface area contributed by atoms with Crippen molar-refractivity contribution in [2.45, 2.75) is 51.6 Å². The van der Waals surface area contributed by atoms with Crippen LogP contribution >= 0.6 is 11.6 Å². The highest BCUT2D eigenvalue weighted by Crippen LogP contribution is 2.33. The Hall–Kier alpha value is -2.09. The van der Waals surface area contributed by atoms with Crippen molar-refractivity contribution < 1.29 is 22.8 Å². The lowest BCUT2D eigenvalue weighted by molar-refractivity contribution is -0.137. The summed E-state index contributed by atoms with van der Waals surface area (Å²) in [5, 5.41) is 6.41. The standard InChI is InChI=1S/C18H21ClF3N3O2/c1-11-4-2-3-5-14(11)24-25-17(27)9-8-16(26)23-15-10-12(18(20,21)22)6-7-13(15)19/h6-7,10-11H,2-5,8-9H2,1H3,(H,23,26)(H,25,27)/b24-14+/t11-/m1/s1. The summed E-state index contributed by atoms with van der Waals surface area (Å²) in [7, 11) is 0. The minimum absolute atomic E-state index is 0.0153. The Balaban J connectivity index is 1.85. The van der Waals surface area contributed by atoms with E-state index in [1.807, 2.05) is 0 Å². The average Bonchev–Trinajstić information content (AvgIpc) is 2.60. The van der Waals surface area contributed by atoms with Crippen molar-refractivity contribution in [1.82, 2.24) is 5.43 Å². The molecule has 2 amide bonds. The zero-order valence-electron chi connectivity index (χ0n) is 14.8. The van der Waals surface area contributed by atoms with E-state index in [2.05, 4.69) is 22.8 Å². The second-order valence-electron chi connectivity index (χ2n) is 6.53. The highest BCUT2D eigenvalue weighted by Gasteiger charge is 2.31. The molecular formula is C18H21ClF3N3O2. The first kappa shape index (κ1) is 21.2. The summed E-state index contributed by atoms with van der Waals surface area (Å²) in [6.07, 6.45) is -0.803. The Morgan fingerprint density at radius 2 is 1.93 bits per heavy atom. The second kappa shape index (κ2) is 9.21. The molecule has 1 aliphatic carbocycles. The van der Waals surface area contributed by atoms with Crippen LogP contribution in [0.5, 0.6) is 0 Å². The Morgan fingerprint density at radius 3 is 2.59 bits per heavy atom. The summed E-state index contributed by atoms with van der Waals surface area (Å²) >= 11 is 5.82. The van der Waals surface area contributed by atoms with Crippen LogP contribution in [0.4, 0.5) is 18.9 Å². The van der Waals surface area contributed by atoms with E-state index >= 15 is 0 Å². The van der Waals surface area contributed by atoms with Gasteiger partial charge < -0.3 is 5.32 Å². The number of anilines is 1. The van der Waals surface area contributed by atoms with Gasteiger partial charge in [0.25, 0.3) is 0 Å². The molecule has 0 aromatic heterocycles. The summed E-state index contributed by atoms with van der Waals surface area (Å²) in [5.74, 6) is -0.707. The van der Waals surface area contributed by atoms with E-state index < -0.39 is 23.6 Å². The lowest BCUT2D eigenvalue weighted by Gasteiger charge is -2.19. The van der Waals surface area contributed by atoms with Gasteiger partial charge in [0, 0.05) is 18.6 Å². The maximum absolute atomic E-state index is 12.7. The third-order valence-electron chi connectivity index (χ3n) is 4.36. The van der Waals surface area contributed by atoms with Gasteiger partial charge in [-0.1, -0.05) is 24.9 Å². The summed E-state index contributed by atoms with van der Waals surface area (Å²) in [6.45, 7) is 2.05. The summed E-state index contributed by atoms with van der Waals surface area (Å²) < 4.78 is 38.2. The van der Waals surface area contributed by atoms with Crippen LogP contribution in [-0.4, -0.2) is 17.5 Å². The molecule has 2 N–H and O–H groups in total. The van der Waals surface area contributed by atoms with Gasteiger partial charge in [0.05, 0.1) is 16.3 Å². The van der Waals surface area contributed by atoms with Crippen molar-refractivity contribution in [2.24, 2.45) is 11.0 Å². The molecule has 2 rings (SSSR count). The first-order chi connectivity index (χ1) is 12.7. The van der Waals surface area contributed by atoms with E-state index in [-0.39, 0.29) is 23.6 Å². The molecule has 0 aliphatic heterocycles. The van der Waals surface area contributed by atoms with Crippen LogP contribution in [0.3, 0.4) is 0 Å². The van der Waals surface area contributed by atoms with Gasteiger partial charge in [-0.05, 0) is 43.4 Å². The molecule has 9 heteroatoms. The van der Waals surface area contributed by atoms with Crippen molar-refractivity contribution in [2.75, 3.05) is 5.32 Å². The fraction of sp³-hybridized carbons (Fsp3) is 0.500. The van der Waals surface area contributed by atoms with Crippen LogP contribution in [0.15, 0.2) is 23.3 Å². The molecule has 0 saturated heterocycles. The summed E-state index contributed by atoms with van der Waals surface area (Å²) in [4.78, 5) is 23.8. The number of carbonyl (C=O) groups excluding carboxylic acids is 2. The fourth-order valence-corrected chi connectivity index (χ4v) is 2.93. The first-order valence-electron chi connectivity index (χ1n) is 8.68. The van der Waals surface area contributed by atoms with E-state index in [9.17, 15) is 22.8 Å². The number of carbonyl (C=O) groups is 2. The molecule has 1 aliphatic rings. The lowest BCUT2D eigenvalue weighted by atomic mass is 9.89. The number of halogens is 4. The van der Waals surface area contributed by atoms with Crippen LogP contribution in [0, 0.1) is 5.92 Å². The third-order valence-corrected chi connectivity index (χ3v) is 4.69. The van der Waals surface area contributed by atoms with Gasteiger partial charge in [-0.25, -0.2) is 5.43 Å². The quantitative estimate of drug-likeness (QED) is 0.696. The average molecular weight is 404 g/mol. The minimum Gasteiger partial charge on any atom is -0.325 e. The van der Waals surface area contributed by atoms with E-state index in [0.29, 0.717) is 5.92 Å². The molecule has 1 fully saturated rings. The Morgan fingerprint density at radius 1 is 1.22 bits per heavy atom. The van der Waals surface area contributed by atoms with Crippen LogP contribution in [-0.2, 0) is 15.8 Å². The van der Waals surface area contributed by atoms with Crippen molar-refractivity contribution in [3.8, 4) is 0 Å². The summed E-state index contributed by atoms with van der Waals surface area (Å²) in [6, 6.07) is 2.65. The SMILES string of the molecule is C[C@@H]1CCCC/C1=N\NC(=O)CCC(=O)Nc1cc(C(F)(F)F)ccc1Cl. The molecule has 1 atom stereocenters. The highest BCUT2D eigenvalue weighted by atomic mass is 35.5. The maximum Gasteiger partial charge on any atom is 0.416 e. The molecule has 0 unspecified atom stereocenters. The predicted octanol–water partition coefficient (Wildman–Crippen LogP) is 4.76. The third kappa shape index (κ3) is 6.53. The van der Waals surface area contributed by atoms with Crippen LogP contribution in [0.1, 0.15) is 51.0 Å². The van der Waals surface area contributed by atoms with Crippen LogP contribution in [0.2, 0.25) is 5.02 Å². The summed E-state index contributed by atoms with van der Waals surface area (Å²) in [5.41, 5.74) is 2.31. The molecule has 27 heavy (non-hydrogen) atoms. The van der Waals surface area contributed by atoms with Gasteiger partial charge >= 0.3 is 6.18 Å². The van der Waals surface area contributed by atoms with Crippen molar-refractivity contribution in [3.63, 3.8) is 0 Å². The lowest BCUT2D eigenvalue weighted by Crippen LogP contribution is -2.25. The Labute approximate surface area is 160 Å². The van der Waals surface area contributed by atoms with Gasteiger partial charge in [-0.15, -0.1) is 0 Å². The smallest absolute Gasteiger partial charge is 0.325 e. The molecule has 0 bridgehead atoms. The molecule has 1 aromatic rings. The molecule has 0 heterocycles.